The average Bonchev–Trinajstić information content (AvgIpc) is 2.72. The number of carbonyl (C=O) groups excluding carboxylic acids is 1. The van der Waals surface area contributed by atoms with E-state index in [4.69, 9.17) is 9.47 Å². The predicted octanol–water partition coefficient (Wildman–Crippen LogP) is 3.24. The molecule has 1 heterocycles. The Bertz CT molecular complexity index is 733. The first-order chi connectivity index (χ1) is 12.7. The Balaban J connectivity index is 1.51. The summed E-state index contributed by atoms with van der Waals surface area (Å²) in [5.41, 5.74) is 3.21. The van der Waals surface area contributed by atoms with Crippen molar-refractivity contribution in [3.05, 3.63) is 59.7 Å². The molecule has 0 saturated carbocycles. The quantitative estimate of drug-likeness (QED) is 0.750. The minimum Gasteiger partial charge on any atom is -0.484 e. The molecule has 26 heavy (non-hydrogen) atoms. The summed E-state index contributed by atoms with van der Waals surface area (Å²) in [4.78, 5) is 18.3. The van der Waals surface area contributed by atoms with Crippen molar-refractivity contribution in [1.29, 1.82) is 0 Å². The van der Waals surface area contributed by atoms with Crippen LogP contribution in [0.1, 0.15) is 18.1 Å². The van der Waals surface area contributed by atoms with E-state index in [1.807, 2.05) is 42.6 Å². The van der Waals surface area contributed by atoms with Crippen LogP contribution in [0.3, 0.4) is 0 Å². The summed E-state index contributed by atoms with van der Waals surface area (Å²) in [5.74, 6) is 0.672. The van der Waals surface area contributed by atoms with Gasteiger partial charge in [-0.25, -0.2) is 0 Å². The summed E-state index contributed by atoms with van der Waals surface area (Å²) in [5, 5.41) is 0. The van der Waals surface area contributed by atoms with Crippen LogP contribution in [0.4, 0.5) is 5.69 Å². The van der Waals surface area contributed by atoms with Gasteiger partial charge in [0, 0.05) is 19.3 Å². The van der Waals surface area contributed by atoms with E-state index in [1.165, 1.54) is 5.56 Å². The summed E-state index contributed by atoms with van der Waals surface area (Å²) < 4.78 is 10.8. The van der Waals surface area contributed by atoms with Gasteiger partial charge in [0.25, 0.3) is 5.91 Å². The number of aliphatic imine (C=N–C) groups is 1. The molecule has 5 nitrogen and oxygen atoms in total. The Labute approximate surface area is 154 Å². The van der Waals surface area contributed by atoms with E-state index in [2.05, 4.69) is 24.0 Å². The Hall–Kier alpha value is -2.66. The molecule has 2 aromatic carbocycles. The van der Waals surface area contributed by atoms with Crippen molar-refractivity contribution in [2.45, 2.75) is 13.3 Å². The highest BCUT2D eigenvalue weighted by Crippen LogP contribution is 2.15. The zero-order valence-electron chi connectivity index (χ0n) is 15.1. The van der Waals surface area contributed by atoms with Crippen LogP contribution >= 0.6 is 0 Å². The maximum Gasteiger partial charge on any atom is 0.260 e. The van der Waals surface area contributed by atoms with Crippen molar-refractivity contribution >= 4 is 17.8 Å². The van der Waals surface area contributed by atoms with Gasteiger partial charge in [-0.2, -0.15) is 0 Å². The lowest BCUT2D eigenvalue weighted by molar-refractivity contribution is -0.137. The second kappa shape index (κ2) is 9.15. The van der Waals surface area contributed by atoms with Gasteiger partial charge < -0.3 is 14.4 Å². The Morgan fingerprint density at radius 2 is 1.81 bits per heavy atom. The van der Waals surface area contributed by atoms with Crippen LogP contribution in [0, 0.1) is 0 Å². The summed E-state index contributed by atoms with van der Waals surface area (Å²) in [6.07, 6.45) is 2.85. The van der Waals surface area contributed by atoms with Crippen LogP contribution in [-0.2, 0) is 16.0 Å². The van der Waals surface area contributed by atoms with Gasteiger partial charge in [-0.3, -0.25) is 9.79 Å². The van der Waals surface area contributed by atoms with E-state index in [0.717, 1.165) is 17.7 Å². The average molecular weight is 352 g/mol. The first kappa shape index (κ1) is 18.1. The van der Waals surface area contributed by atoms with Gasteiger partial charge in [0.1, 0.15) is 5.75 Å². The third-order valence-electron chi connectivity index (χ3n) is 4.31. The molecule has 0 radical (unpaired) electrons. The molecule has 3 rings (SSSR count). The maximum absolute atomic E-state index is 12.1. The zero-order valence-corrected chi connectivity index (χ0v) is 15.1. The number of hydrogen-bond acceptors (Lipinski definition) is 4. The highest BCUT2D eigenvalue weighted by Gasteiger charge is 2.16. The lowest BCUT2D eigenvalue weighted by atomic mass is 10.1. The summed E-state index contributed by atoms with van der Waals surface area (Å²) in [6.45, 7) is 4.66. The van der Waals surface area contributed by atoms with Gasteiger partial charge >= 0.3 is 0 Å². The standard InChI is InChI=1S/C21H24N2O3/c1-2-17-3-7-19(8-4-17)22-15-18-5-9-20(10-6-18)26-16-21(24)23-11-13-25-14-12-23/h3-10,15H,2,11-14,16H2,1H3. The third kappa shape index (κ3) is 5.17. The molecule has 1 aliphatic rings. The topological polar surface area (TPSA) is 51.1 Å². The van der Waals surface area contributed by atoms with Gasteiger partial charge in [-0.15, -0.1) is 0 Å². The highest BCUT2D eigenvalue weighted by molar-refractivity contribution is 5.82. The fourth-order valence-electron chi connectivity index (χ4n) is 2.67. The molecule has 2 aromatic rings. The van der Waals surface area contributed by atoms with Crippen LogP contribution in [0.5, 0.6) is 5.75 Å². The first-order valence-electron chi connectivity index (χ1n) is 8.96. The van der Waals surface area contributed by atoms with Gasteiger partial charge in [0.2, 0.25) is 0 Å². The minimum atomic E-state index is -0.00512. The fraction of sp³-hybridized carbons (Fsp3) is 0.333. The molecule has 0 N–H and O–H groups in total. The normalized spacial score (nSPS) is 14.6. The van der Waals surface area contributed by atoms with Crippen molar-refractivity contribution in [1.82, 2.24) is 4.90 Å². The maximum atomic E-state index is 12.1. The lowest BCUT2D eigenvalue weighted by Crippen LogP contribution is -2.42. The van der Waals surface area contributed by atoms with E-state index < -0.39 is 0 Å². The Kier molecular flexibility index (Phi) is 6.39. The van der Waals surface area contributed by atoms with Crippen molar-refractivity contribution in [2.24, 2.45) is 4.99 Å². The smallest absolute Gasteiger partial charge is 0.260 e. The number of carbonyl (C=O) groups is 1. The predicted molar refractivity (Wildman–Crippen MR) is 102 cm³/mol. The molecule has 0 spiro atoms. The van der Waals surface area contributed by atoms with Crippen LogP contribution in [0.2, 0.25) is 0 Å². The molecule has 0 bridgehead atoms. The van der Waals surface area contributed by atoms with Gasteiger partial charge in [0.05, 0.1) is 18.9 Å². The van der Waals surface area contributed by atoms with E-state index in [-0.39, 0.29) is 12.5 Å². The van der Waals surface area contributed by atoms with Gasteiger partial charge in [-0.05, 0) is 53.9 Å². The van der Waals surface area contributed by atoms with E-state index in [1.54, 1.807) is 4.90 Å². The van der Waals surface area contributed by atoms with Crippen LogP contribution in [-0.4, -0.2) is 49.9 Å². The SMILES string of the molecule is CCc1ccc(N=Cc2ccc(OCC(=O)N3CCOCC3)cc2)cc1. The molecule has 1 amide bonds. The van der Waals surface area contributed by atoms with E-state index >= 15 is 0 Å². The molecule has 5 heteroatoms. The molecule has 1 aliphatic heterocycles. The van der Waals surface area contributed by atoms with Crippen LogP contribution < -0.4 is 4.74 Å². The fourth-order valence-corrected chi connectivity index (χ4v) is 2.67. The Morgan fingerprint density at radius 1 is 1.12 bits per heavy atom. The molecule has 0 aromatic heterocycles. The summed E-state index contributed by atoms with van der Waals surface area (Å²) in [7, 11) is 0. The van der Waals surface area contributed by atoms with Crippen molar-refractivity contribution in [2.75, 3.05) is 32.9 Å². The van der Waals surface area contributed by atoms with Crippen molar-refractivity contribution < 1.29 is 14.3 Å². The molecule has 0 atom stereocenters. The number of ether oxygens (including phenoxy) is 2. The third-order valence-corrected chi connectivity index (χ3v) is 4.31. The molecule has 0 unspecified atom stereocenters. The molecular formula is C21H24N2O3. The van der Waals surface area contributed by atoms with Crippen LogP contribution in [0.15, 0.2) is 53.5 Å². The number of nitrogens with zero attached hydrogens (tertiary/aromatic N) is 2. The van der Waals surface area contributed by atoms with Crippen molar-refractivity contribution in [3.63, 3.8) is 0 Å². The van der Waals surface area contributed by atoms with Crippen molar-refractivity contribution in [3.8, 4) is 5.75 Å². The summed E-state index contributed by atoms with van der Waals surface area (Å²) >= 11 is 0. The van der Waals surface area contributed by atoms with E-state index in [9.17, 15) is 4.79 Å². The number of benzene rings is 2. The highest BCUT2D eigenvalue weighted by atomic mass is 16.5. The monoisotopic (exact) mass is 352 g/mol. The number of morpholine rings is 1. The number of aryl methyl sites for hydroxylation is 1. The minimum absolute atomic E-state index is 0.00512. The molecular weight excluding hydrogens is 328 g/mol. The molecule has 1 fully saturated rings. The molecule has 1 saturated heterocycles. The molecule has 136 valence electrons. The Morgan fingerprint density at radius 3 is 2.46 bits per heavy atom. The number of amides is 1. The second-order valence-electron chi connectivity index (χ2n) is 6.13. The molecule has 0 aliphatic carbocycles. The van der Waals surface area contributed by atoms with E-state index in [0.29, 0.717) is 32.1 Å². The zero-order chi connectivity index (χ0) is 18.2. The van der Waals surface area contributed by atoms with Crippen LogP contribution in [0.25, 0.3) is 0 Å². The largest absolute Gasteiger partial charge is 0.484 e. The summed E-state index contributed by atoms with van der Waals surface area (Å²) in [6, 6.07) is 15.8. The number of hydrogen-bond donors (Lipinski definition) is 0. The van der Waals surface area contributed by atoms with Gasteiger partial charge in [0.15, 0.2) is 6.61 Å². The van der Waals surface area contributed by atoms with Gasteiger partial charge in [-0.1, -0.05) is 19.1 Å². The lowest BCUT2D eigenvalue weighted by Gasteiger charge is -2.26. The first-order valence-corrected chi connectivity index (χ1v) is 8.96. The number of rotatable bonds is 6. The second-order valence-corrected chi connectivity index (χ2v) is 6.13.